The zero-order valence-corrected chi connectivity index (χ0v) is 17.7. The number of hydrogen-bond acceptors (Lipinski definition) is 4. The SMILES string of the molecule is COc1ccc(CCO[C@@H]2CCCC[C@H]2CC2CCC[C@H](O)CC2)cc1OC. The van der Waals surface area contributed by atoms with Crippen LogP contribution >= 0.6 is 0 Å². The number of methoxy groups -OCH3 is 2. The van der Waals surface area contributed by atoms with E-state index in [1.807, 2.05) is 6.07 Å². The topological polar surface area (TPSA) is 47.9 Å². The molecule has 0 bridgehead atoms. The van der Waals surface area contributed by atoms with Gasteiger partial charge in [-0.3, -0.25) is 0 Å². The fourth-order valence-electron chi connectivity index (χ4n) is 5.05. The van der Waals surface area contributed by atoms with Crippen LogP contribution in [0.25, 0.3) is 0 Å². The van der Waals surface area contributed by atoms with E-state index in [4.69, 9.17) is 14.2 Å². The lowest BCUT2D eigenvalue weighted by Gasteiger charge is -2.34. The van der Waals surface area contributed by atoms with E-state index in [-0.39, 0.29) is 6.10 Å². The van der Waals surface area contributed by atoms with Gasteiger partial charge in [-0.2, -0.15) is 0 Å². The van der Waals surface area contributed by atoms with Gasteiger partial charge in [-0.25, -0.2) is 0 Å². The van der Waals surface area contributed by atoms with Gasteiger partial charge in [-0.05, 0) is 74.5 Å². The molecule has 0 aliphatic heterocycles. The van der Waals surface area contributed by atoms with Crippen LogP contribution in [-0.4, -0.2) is 38.1 Å². The van der Waals surface area contributed by atoms with Crippen LogP contribution in [0.5, 0.6) is 11.5 Å². The summed E-state index contributed by atoms with van der Waals surface area (Å²) in [6.07, 6.45) is 13.3. The van der Waals surface area contributed by atoms with E-state index >= 15 is 0 Å². The zero-order valence-electron chi connectivity index (χ0n) is 17.7. The first-order chi connectivity index (χ1) is 13.7. The maximum absolute atomic E-state index is 9.92. The van der Waals surface area contributed by atoms with Crippen molar-refractivity contribution in [2.24, 2.45) is 11.8 Å². The fraction of sp³-hybridized carbons (Fsp3) is 0.750. The van der Waals surface area contributed by atoms with Crippen molar-refractivity contribution in [3.8, 4) is 11.5 Å². The van der Waals surface area contributed by atoms with Crippen molar-refractivity contribution in [2.75, 3.05) is 20.8 Å². The molecule has 2 fully saturated rings. The smallest absolute Gasteiger partial charge is 0.160 e. The summed E-state index contributed by atoms with van der Waals surface area (Å²) in [5, 5.41) is 9.92. The van der Waals surface area contributed by atoms with Gasteiger partial charge >= 0.3 is 0 Å². The summed E-state index contributed by atoms with van der Waals surface area (Å²) >= 11 is 0. The van der Waals surface area contributed by atoms with Gasteiger partial charge in [0.15, 0.2) is 11.5 Å². The van der Waals surface area contributed by atoms with Gasteiger partial charge in [0.1, 0.15) is 0 Å². The monoisotopic (exact) mass is 390 g/mol. The van der Waals surface area contributed by atoms with E-state index in [1.54, 1.807) is 14.2 Å². The molecular weight excluding hydrogens is 352 g/mol. The first-order valence-electron chi connectivity index (χ1n) is 11.2. The highest BCUT2D eigenvalue weighted by Crippen LogP contribution is 2.36. The maximum atomic E-state index is 9.92. The van der Waals surface area contributed by atoms with Crippen LogP contribution in [0.4, 0.5) is 0 Å². The highest BCUT2D eigenvalue weighted by Gasteiger charge is 2.29. The van der Waals surface area contributed by atoms with Crippen molar-refractivity contribution in [1.29, 1.82) is 0 Å². The quantitative estimate of drug-likeness (QED) is 0.623. The molecule has 0 saturated heterocycles. The summed E-state index contributed by atoms with van der Waals surface area (Å²) in [6, 6.07) is 6.12. The zero-order chi connectivity index (χ0) is 19.8. The van der Waals surface area contributed by atoms with Crippen molar-refractivity contribution in [2.45, 2.75) is 82.8 Å². The van der Waals surface area contributed by atoms with Gasteiger partial charge in [0.2, 0.25) is 0 Å². The van der Waals surface area contributed by atoms with Crippen LogP contribution in [-0.2, 0) is 11.2 Å². The molecule has 0 heterocycles. The summed E-state index contributed by atoms with van der Waals surface area (Å²) in [6.45, 7) is 0.764. The summed E-state index contributed by atoms with van der Waals surface area (Å²) in [4.78, 5) is 0. The molecule has 28 heavy (non-hydrogen) atoms. The molecule has 2 aliphatic carbocycles. The average Bonchev–Trinajstić information content (AvgIpc) is 2.93. The van der Waals surface area contributed by atoms with Gasteiger partial charge in [0, 0.05) is 0 Å². The molecule has 158 valence electrons. The van der Waals surface area contributed by atoms with E-state index < -0.39 is 0 Å². The number of rotatable bonds is 8. The minimum absolute atomic E-state index is 0.0649. The second-order valence-electron chi connectivity index (χ2n) is 8.66. The third kappa shape index (κ3) is 6.12. The maximum Gasteiger partial charge on any atom is 0.160 e. The highest BCUT2D eigenvalue weighted by atomic mass is 16.5. The summed E-state index contributed by atoms with van der Waals surface area (Å²) < 4.78 is 17.1. The number of hydrogen-bond donors (Lipinski definition) is 1. The normalized spacial score (nSPS) is 28.5. The first kappa shape index (κ1) is 21.4. The van der Waals surface area contributed by atoms with Crippen LogP contribution in [0.2, 0.25) is 0 Å². The fourth-order valence-corrected chi connectivity index (χ4v) is 5.05. The molecule has 4 nitrogen and oxygen atoms in total. The van der Waals surface area contributed by atoms with Crippen molar-refractivity contribution >= 4 is 0 Å². The van der Waals surface area contributed by atoms with E-state index in [2.05, 4.69) is 12.1 Å². The molecular formula is C24H38O4. The van der Waals surface area contributed by atoms with Gasteiger partial charge in [0.05, 0.1) is 33.0 Å². The van der Waals surface area contributed by atoms with E-state index in [0.29, 0.717) is 12.0 Å². The second kappa shape index (κ2) is 11.1. The van der Waals surface area contributed by atoms with Crippen LogP contribution in [0, 0.1) is 11.8 Å². The van der Waals surface area contributed by atoms with Gasteiger partial charge in [-0.15, -0.1) is 0 Å². The van der Waals surface area contributed by atoms with Gasteiger partial charge < -0.3 is 19.3 Å². The lowest BCUT2D eigenvalue weighted by atomic mass is 9.78. The van der Waals surface area contributed by atoms with E-state index in [1.165, 1.54) is 56.9 Å². The molecule has 1 N–H and O–H groups in total. The second-order valence-corrected chi connectivity index (χ2v) is 8.66. The number of aliphatic hydroxyl groups excluding tert-OH is 1. The number of benzene rings is 1. The summed E-state index contributed by atoms with van der Waals surface area (Å²) in [5.41, 5.74) is 1.22. The molecule has 1 aromatic rings. The lowest BCUT2D eigenvalue weighted by Crippen LogP contribution is -2.30. The van der Waals surface area contributed by atoms with Gasteiger partial charge in [0.25, 0.3) is 0 Å². The van der Waals surface area contributed by atoms with Crippen LogP contribution in [0.15, 0.2) is 18.2 Å². The summed E-state index contributed by atoms with van der Waals surface area (Å²) in [7, 11) is 3.34. The average molecular weight is 391 g/mol. The largest absolute Gasteiger partial charge is 0.493 e. The number of aliphatic hydroxyl groups is 1. The Morgan fingerprint density at radius 2 is 1.71 bits per heavy atom. The summed E-state index contributed by atoms with van der Waals surface area (Å²) in [5.74, 6) is 3.02. The lowest BCUT2D eigenvalue weighted by molar-refractivity contribution is -0.0178. The standard InChI is InChI=1S/C24H38O4/c1-26-23-13-11-19(17-24(23)27-2)14-15-28-22-9-4-3-7-20(22)16-18-6-5-8-21(25)12-10-18/h11,13,17-18,20-22,25H,3-10,12,14-16H2,1-2H3/t18?,20-,21-,22+/m0/s1. The molecule has 4 atom stereocenters. The van der Waals surface area contributed by atoms with Crippen molar-refractivity contribution in [1.82, 2.24) is 0 Å². The van der Waals surface area contributed by atoms with Crippen molar-refractivity contribution in [3.05, 3.63) is 23.8 Å². The van der Waals surface area contributed by atoms with E-state index in [9.17, 15) is 5.11 Å². The Hall–Kier alpha value is -1.26. The number of ether oxygens (including phenoxy) is 3. The Balaban J connectivity index is 1.49. The molecule has 2 saturated carbocycles. The predicted octanol–water partition coefficient (Wildman–Crippen LogP) is 5.15. The minimum Gasteiger partial charge on any atom is -0.493 e. The van der Waals surface area contributed by atoms with Crippen molar-refractivity contribution < 1.29 is 19.3 Å². The first-order valence-corrected chi connectivity index (χ1v) is 11.2. The molecule has 0 amide bonds. The van der Waals surface area contributed by atoms with Crippen LogP contribution in [0.1, 0.15) is 69.8 Å². The third-order valence-electron chi connectivity index (χ3n) is 6.70. The molecule has 1 aromatic carbocycles. The Bertz CT molecular complexity index is 588. The highest BCUT2D eigenvalue weighted by molar-refractivity contribution is 5.42. The molecule has 0 aromatic heterocycles. The Morgan fingerprint density at radius 3 is 2.54 bits per heavy atom. The Kier molecular flexibility index (Phi) is 8.47. The molecule has 3 rings (SSSR count). The molecule has 2 aliphatic rings. The van der Waals surface area contributed by atoms with E-state index in [0.717, 1.165) is 43.3 Å². The third-order valence-corrected chi connectivity index (χ3v) is 6.70. The molecule has 1 unspecified atom stereocenters. The molecule has 0 radical (unpaired) electrons. The van der Waals surface area contributed by atoms with Crippen LogP contribution < -0.4 is 9.47 Å². The predicted molar refractivity (Wildman–Crippen MR) is 112 cm³/mol. The molecule has 0 spiro atoms. The Labute approximate surface area is 170 Å². The Morgan fingerprint density at radius 1 is 0.893 bits per heavy atom. The van der Waals surface area contributed by atoms with Gasteiger partial charge in [-0.1, -0.05) is 31.7 Å². The minimum atomic E-state index is -0.0649. The van der Waals surface area contributed by atoms with Crippen LogP contribution in [0.3, 0.4) is 0 Å². The van der Waals surface area contributed by atoms with Crippen molar-refractivity contribution in [3.63, 3.8) is 0 Å². The molecule has 4 heteroatoms.